The maximum absolute atomic E-state index is 13.9. The second kappa shape index (κ2) is 13.3. The maximum Gasteiger partial charge on any atom is 0.264 e. The summed E-state index contributed by atoms with van der Waals surface area (Å²) in [7, 11) is -1.24. The first kappa shape index (κ1) is 29.8. The van der Waals surface area contributed by atoms with Crippen molar-refractivity contribution in [2.24, 2.45) is 0 Å². The number of carbonyl (C=O) groups excluding carboxylic acids is 2. The molecule has 9 nitrogen and oxygen atoms in total. The Kier molecular flexibility index (Phi) is 10.2. The fourth-order valence-corrected chi connectivity index (χ4v) is 5.50. The van der Waals surface area contributed by atoms with Crippen LogP contribution in [0.15, 0.2) is 77.7 Å². The molecule has 11 heteroatoms. The zero-order valence-electron chi connectivity index (χ0n) is 22.3. The summed E-state index contributed by atoms with van der Waals surface area (Å²) >= 11 is 5.99. The number of ether oxygens (including phenoxy) is 2. The van der Waals surface area contributed by atoms with E-state index >= 15 is 0 Å². The normalized spacial score (nSPS) is 11.8. The molecular formula is C28H32ClN3O6S. The van der Waals surface area contributed by atoms with Gasteiger partial charge in [-0.25, -0.2) is 8.42 Å². The number of anilines is 1. The van der Waals surface area contributed by atoms with Crippen LogP contribution in [0.2, 0.25) is 5.02 Å². The lowest BCUT2D eigenvalue weighted by Gasteiger charge is -2.32. The average molecular weight is 574 g/mol. The zero-order valence-corrected chi connectivity index (χ0v) is 23.8. The Morgan fingerprint density at radius 2 is 1.72 bits per heavy atom. The summed E-state index contributed by atoms with van der Waals surface area (Å²) in [6, 6.07) is 18.5. The molecular weight excluding hydrogens is 542 g/mol. The first-order valence-electron chi connectivity index (χ1n) is 12.3. The van der Waals surface area contributed by atoms with E-state index in [-0.39, 0.29) is 23.7 Å². The van der Waals surface area contributed by atoms with Crippen molar-refractivity contribution >= 4 is 39.1 Å². The molecule has 0 radical (unpaired) electrons. The van der Waals surface area contributed by atoms with E-state index < -0.39 is 34.4 Å². The van der Waals surface area contributed by atoms with E-state index in [1.165, 1.54) is 43.3 Å². The third-order valence-electron chi connectivity index (χ3n) is 6.02. The van der Waals surface area contributed by atoms with Crippen LogP contribution in [0, 0.1) is 0 Å². The molecule has 0 aromatic heterocycles. The summed E-state index contributed by atoms with van der Waals surface area (Å²) < 4.78 is 39.8. The highest BCUT2D eigenvalue weighted by atomic mass is 35.5. The van der Waals surface area contributed by atoms with Crippen molar-refractivity contribution in [3.05, 3.63) is 83.4 Å². The van der Waals surface area contributed by atoms with Gasteiger partial charge in [-0.1, -0.05) is 35.9 Å². The Bertz CT molecular complexity index is 1400. The SMILES string of the molecule is CCOc1ccccc1N(CC(=O)N(Cc1cccc(OC)c1)C(C)C(=O)NC)S(=O)(=O)c1ccc(Cl)cc1. The minimum atomic E-state index is -4.25. The van der Waals surface area contributed by atoms with Crippen molar-refractivity contribution in [1.82, 2.24) is 10.2 Å². The molecule has 0 spiro atoms. The van der Waals surface area contributed by atoms with Crippen LogP contribution in [0.25, 0.3) is 0 Å². The van der Waals surface area contributed by atoms with Crippen molar-refractivity contribution in [2.75, 3.05) is 31.6 Å². The number of amides is 2. The number of halogens is 1. The monoisotopic (exact) mass is 573 g/mol. The van der Waals surface area contributed by atoms with Crippen molar-refractivity contribution in [1.29, 1.82) is 0 Å². The van der Waals surface area contributed by atoms with Crippen LogP contribution >= 0.6 is 11.6 Å². The molecule has 208 valence electrons. The molecule has 0 fully saturated rings. The van der Waals surface area contributed by atoms with E-state index in [1.54, 1.807) is 62.4 Å². The lowest BCUT2D eigenvalue weighted by molar-refractivity contribution is -0.139. The number of para-hydroxylation sites is 2. The van der Waals surface area contributed by atoms with Gasteiger partial charge in [0.05, 0.1) is 24.3 Å². The molecule has 3 rings (SSSR count). The fourth-order valence-electron chi connectivity index (χ4n) is 3.95. The highest BCUT2D eigenvalue weighted by Crippen LogP contribution is 2.33. The van der Waals surface area contributed by atoms with Crippen molar-refractivity contribution in [3.8, 4) is 11.5 Å². The van der Waals surface area contributed by atoms with Gasteiger partial charge < -0.3 is 19.7 Å². The van der Waals surface area contributed by atoms with E-state index in [0.717, 1.165) is 4.31 Å². The highest BCUT2D eigenvalue weighted by molar-refractivity contribution is 7.92. The van der Waals surface area contributed by atoms with Crippen LogP contribution < -0.4 is 19.1 Å². The predicted molar refractivity (Wildman–Crippen MR) is 151 cm³/mol. The quantitative estimate of drug-likeness (QED) is 0.350. The minimum Gasteiger partial charge on any atom is -0.497 e. The zero-order chi connectivity index (χ0) is 28.6. The average Bonchev–Trinajstić information content (AvgIpc) is 2.94. The summed E-state index contributed by atoms with van der Waals surface area (Å²) in [6.07, 6.45) is 0. The predicted octanol–water partition coefficient (Wildman–Crippen LogP) is 4.11. The Balaban J connectivity index is 2.08. The van der Waals surface area contributed by atoms with Crippen LogP contribution in [0.1, 0.15) is 19.4 Å². The Morgan fingerprint density at radius 3 is 2.36 bits per heavy atom. The number of hydrogen-bond acceptors (Lipinski definition) is 6. The summed E-state index contributed by atoms with van der Waals surface area (Å²) in [5.41, 5.74) is 0.900. The van der Waals surface area contributed by atoms with Crippen molar-refractivity contribution in [3.63, 3.8) is 0 Å². The number of benzene rings is 3. The van der Waals surface area contributed by atoms with E-state index in [4.69, 9.17) is 21.1 Å². The number of hydrogen-bond donors (Lipinski definition) is 1. The molecule has 1 N–H and O–H groups in total. The van der Waals surface area contributed by atoms with E-state index in [0.29, 0.717) is 22.1 Å². The molecule has 0 bridgehead atoms. The van der Waals surface area contributed by atoms with Crippen molar-refractivity contribution < 1.29 is 27.5 Å². The van der Waals surface area contributed by atoms with Gasteiger partial charge in [-0.2, -0.15) is 0 Å². The minimum absolute atomic E-state index is 0.0482. The smallest absolute Gasteiger partial charge is 0.264 e. The molecule has 0 aliphatic heterocycles. The van der Waals surface area contributed by atoms with E-state index in [1.807, 2.05) is 0 Å². The topological polar surface area (TPSA) is 105 Å². The molecule has 1 unspecified atom stereocenters. The number of sulfonamides is 1. The van der Waals surface area contributed by atoms with Crippen LogP contribution in [0.4, 0.5) is 5.69 Å². The Labute approximate surface area is 234 Å². The number of nitrogens with one attached hydrogen (secondary N) is 1. The third kappa shape index (κ3) is 7.21. The second-order valence-electron chi connectivity index (χ2n) is 8.53. The van der Waals surface area contributed by atoms with Crippen LogP contribution in [0.5, 0.6) is 11.5 Å². The second-order valence-corrected chi connectivity index (χ2v) is 10.8. The largest absolute Gasteiger partial charge is 0.497 e. The van der Waals surface area contributed by atoms with Gasteiger partial charge in [0.1, 0.15) is 24.1 Å². The number of rotatable bonds is 12. The molecule has 3 aromatic carbocycles. The molecule has 0 saturated carbocycles. The van der Waals surface area contributed by atoms with Crippen LogP contribution in [-0.2, 0) is 26.2 Å². The lowest BCUT2D eigenvalue weighted by atomic mass is 10.1. The van der Waals surface area contributed by atoms with Gasteiger partial charge in [0, 0.05) is 18.6 Å². The molecule has 2 amide bonds. The van der Waals surface area contributed by atoms with Crippen LogP contribution in [-0.4, -0.2) is 58.5 Å². The van der Waals surface area contributed by atoms with E-state index in [9.17, 15) is 18.0 Å². The molecule has 0 saturated heterocycles. The number of carbonyl (C=O) groups is 2. The Hall–Kier alpha value is -3.76. The van der Waals surface area contributed by atoms with Gasteiger partial charge in [0.15, 0.2) is 0 Å². The number of methoxy groups -OCH3 is 1. The lowest BCUT2D eigenvalue weighted by Crippen LogP contribution is -2.50. The van der Waals surface area contributed by atoms with Gasteiger partial charge in [0.25, 0.3) is 10.0 Å². The van der Waals surface area contributed by atoms with Gasteiger partial charge in [0.2, 0.25) is 11.8 Å². The highest BCUT2D eigenvalue weighted by Gasteiger charge is 2.33. The Morgan fingerprint density at radius 1 is 1.03 bits per heavy atom. The third-order valence-corrected chi connectivity index (χ3v) is 8.04. The molecule has 3 aromatic rings. The van der Waals surface area contributed by atoms with Gasteiger partial charge >= 0.3 is 0 Å². The molecule has 0 aliphatic carbocycles. The molecule has 0 heterocycles. The molecule has 0 aliphatic rings. The van der Waals surface area contributed by atoms with E-state index in [2.05, 4.69) is 5.32 Å². The number of likely N-dealkylation sites (N-methyl/N-ethyl adjacent to an activating group) is 1. The van der Waals surface area contributed by atoms with Crippen LogP contribution in [0.3, 0.4) is 0 Å². The summed E-state index contributed by atoms with van der Waals surface area (Å²) in [4.78, 5) is 27.8. The first-order chi connectivity index (χ1) is 18.6. The summed E-state index contributed by atoms with van der Waals surface area (Å²) in [5, 5.41) is 2.93. The molecule has 39 heavy (non-hydrogen) atoms. The standard InChI is InChI=1S/C28H32ClN3O6S/c1-5-38-26-12-7-6-11-25(26)32(39(35,36)24-15-13-22(29)14-16-24)19-27(33)31(20(2)28(34)30-3)18-21-9-8-10-23(17-21)37-4/h6-17,20H,5,18-19H2,1-4H3,(H,30,34). The first-order valence-corrected chi connectivity index (χ1v) is 14.1. The van der Waals surface area contributed by atoms with Gasteiger partial charge in [-0.05, 0) is 67.9 Å². The fraction of sp³-hybridized carbons (Fsp3) is 0.286. The van der Waals surface area contributed by atoms with Gasteiger partial charge in [-0.15, -0.1) is 0 Å². The maximum atomic E-state index is 13.9. The molecule has 1 atom stereocenters. The number of nitrogens with zero attached hydrogens (tertiary/aromatic N) is 2. The summed E-state index contributed by atoms with van der Waals surface area (Å²) in [6.45, 7) is 3.12. The van der Waals surface area contributed by atoms with Crippen molar-refractivity contribution in [2.45, 2.75) is 31.3 Å². The van der Waals surface area contributed by atoms with Gasteiger partial charge in [-0.3, -0.25) is 13.9 Å². The summed E-state index contributed by atoms with van der Waals surface area (Å²) in [5.74, 6) is -0.0973.